The van der Waals surface area contributed by atoms with Gasteiger partial charge in [0.15, 0.2) is 0 Å². The van der Waals surface area contributed by atoms with Crippen LogP contribution < -0.4 is 10.6 Å². The molecule has 1 fully saturated rings. The van der Waals surface area contributed by atoms with Gasteiger partial charge in [0.25, 0.3) is 0 Å². The van der Waals surface area contributed by atoms with Crippen LogP contribution in [0, 0.1) is 11.3 Å². The topological polar surface area (TPSA) is 114 Å². The lowest BCUT2D eigenvalue weighted by Gasteiger charge is -2.44. The Morgan fingerprint density at radius 3 is 1.93 bits per heavy atom. The van der Waals surface area contributed by atoms with Crippen molar-refractivity contribution in [3.05, 3.63) is 0 Å². The highest BCUT2D eigenvalue weighted by Crippen LogP contribution is 2.49. The van der Waals surface area contributed by atoms with Gasteiger partial charge in [-0.1, -0.05) is 6.42 Å². The lowest BCUT2D eigenvalue weighted by molar-refractivity contribution is -0.144. The Kier molecular flexibility index (Phi) is 8.35. The van der Waals surface area contributed by atoms with Gasteiger partial charge in [0.1, 0.15) is 11.2 Å². The minimum atomic E-state index is -0.945. The first kappa shape index (κ1) is 25.0. The summed E-state index contributed by atoms with van der Waals surface area (Å²) in [6.45, 7) is 12.8. The van der Waals surface area contributed by atoms with Crippen molar-refractivity contribution in [2.75, 3.05) is 6.54 Å². The number of rotatable bonds is 8. The van der Waals surface area contributed by atoms with Gasteiger partial charge in [-0.2, -0.15) is 0 Å². The average molecular weight is 415 g/mol. The first-order chi connectivity index (χ1) is 13.1. The van der Waals surface area contributed by atoms with Crippen molar-refractivity contribution in [2.45, 2.75) is 97.8 Å². The molecule has 1 aliphatic carbocycles. The van der Waals surface area contributed by atoms with Gasteiger partial charge in [0, 0.05) is 12.6 Å². The second-order valence-electron chi connectivity index (χ2n) is 10.1. The maximum atomic E-state index is 12.0. The molecule has 0 saturated heterocycles. The molecule has 8 nitrogen and oxygen atoms in total. The monoisotopic (exact) mass is 414 g/mol. The van der Waals surface area contributed by atoms with E-state index >= 15 is 0 Å². The van der Waals surface area contributed by atoms with Gasteiger partial charge in [0.05, 0.1) is 5.92 Å². The van der Waals surface area contributed by atoms with Crippen molar-refractivity contribution in [3.8, 4) is 0 Å². The highest BCUT2D eigenvalue weighted by Gasteiger charge is 2.42. The van der Waals surface area contributed by atoms with E-state index in [-0.39, 0.29) is 5.41 Å². The van der Waals surface area contributed by atoms with E-state index in [4.69, 9.17) is 9.47 Å². The number of aliphatic carboxylic acids is 1. The lowest BCUT2D eigenvalue weighted by atomic mass is 9.61. The number of carbonyl (C=O) groups excluding carboxylic acids is 2. The van der Waals surface area contributed by atoms with Gasteiger partial charge in [-0.3, -0.25) is 4.79 Å². The van der Waals surface area contributed by atoms with Gasteiger partial charge in [-0.05, 0) is 79.6 Å². The Morgan fingerprint density at radius 1 is 1.00 bits per heavy atom. The van der Waals surface area contributed by atoms with Crippen molar-refractivity contribution in [1.29, 1.82) is 0 Å². The van der Waals surface area contributed by atoms with Crippen LogP contribution in [0.2, 0.25) is 0 Å². The summed E-state index contributed by atoms with van der Waals surface area (Å²) >= 11 is 0. The van der Waals surface area contributed by atoms with Gasteiger partial charge in [-0.25, -0.2) is 9.59 Å². The molecule has 168 valence electrons. The fourth-order valence-corrected chi connectivity index (χ4v) is 3.52. The van der Waals surface area contributed by atoms with Gasteiger partial charge in [0.2, 0.25) is 0 Å². The minimum Gasteiger partial charge on any atom is -0.481 e. The average Bonchev–Trinajstić information content (AvgIpc) is 2.44. The molecule has 1 unspecified atom stereocenters. The third kappa shape index (κ3) is 9.37. The van der Waals surface area contributed by atoms with Crippen molar-refractivity contribution in [1.82, 2.24) is 10.6 Å². The molecule has 1 saturated carbocycles. The first-order valence-corrected chi connectivity index (χ1v) is 10.3. The predicted octanol–water partition coefficient (Wildman–Crippen LogP) is 4.08. The standard InChI is InChI=1S/C21H38N2O6/c1-14(23-18(27)29-20(5,6)7)15(16(24)25)13-21(9-8-10-21)11-12-22-17(26)28-19(2,3)4/h14-15H,8-13H2,1-7H3,(H,22,26)(H,23,27)(H,24,25)/t14-,15?/m1/s1. The molecule has 29 heavy (non-hydrogen) atoms. The molecule has 0 aliphatic heterocycles. The van der Waals surface area contributed by atoms with Crippen molar-refractivity contribution >= 4 is 18.2 Å². The lowest BCUT2D eigenvalue weighted by Crippen LogP contribution is -2.47. The van der Waals surface area contributed by atoms with E-state index in [1.54, 1.807) is 48.5 Å². The maximum Gasteiger partial charge on any atom is 0.407 e. The number of hydrogen-bond acceptors (Lipinski definition) is 5. The highest BCUT2D eigenvalue weighted by molar-refractivity contribution is 5.73. The van der Waals surface area contributed by atoms with Crippen LogP contribution in [-0.4, -0.2) is 47.1 Å². The van der Waals surface area contributed by atoms with Crippen LogP contribution in [0.1, 0.15) is 80.6 Å². The number of ether oxygens (including phenoxy) is 2. The SMILES string of the molecule is C[C@@H](NC(=O)OC(C)(C)C)C(CC1(CCNC(=O)OC(C)(C)C)CCC1)C(=O)O. The quantitative estimate of drug-likeness (QED) is 0.551. The summed E-state index contributed by atoms with van der Waals surface area (Å²) in [6.07, 6.45) is 2.88. The van der Waals surface area contributed by atoms with E-state index in [0.717, 1.165) is 19.3 Å². The molecule has 0 heterocycles. The van der Waals surface area contributed by atoms with E-state index < -0.39 is 41.3 Å². The summed E-state index contributed by atoms with van der Waals surface area (Å²) in [4.78, 5) is 35.7. The number of hydrogen-bond donors (Lipinski definition) is 3. The molecule has 0 aromatic heterocycles. The Hall–Kier alpha value is -1.99. The van der Waals surface area contributed by atoms with Crippen LogP contribution in [0.3, 0.4) is 0 Å². The third-order valence-electron chi connectivity index (χ3n) is 5.06. The fourth-order valence-electron chi connectivity index (χ4n) is 3.52. The van der Waals surface area contributed by atoms with Gasteiger partial charge >= 0.3 is 18.2 Å². The zero-order valence-electron chi connectivity index (χ0n) is 18.9. The Labute approximate surface area is 174 Å². The highest BCUT2D eigenvalue weighted by atomic mass is 16.6. The van der Waals surface area contributed by atoms with E-state index in [1.165, 1.54) is 0 Å². The van der Waals surface area contributed by atoms with Crippen LogP contribution in [0.5, 0.6) is 0 Å². The van der Waals surface area contributed by atoms with Crippen LogP contribution in [0.15, 0.2) is 0 Å². The number of alkyl carbamates (subject to hydrolysis) is 2. The molecule has 0 aromatic carbocycles. The molecular weight excluding hydrogens is 376 g/mol. The van der Waals surface area contributed by atoms with E-state index in [9.17, 15) is 19.5 Å². The zero-order chi connectivity index (χ0) is 22.5. The second-order valence-corrected chi connectivity index (χ2v) is 10.1. The Morgan fingerprint density at radius 2 is 1.52 bits per heavy atom. The molecule has 0 aromatic rings. The molecule has 0 spiro atoms. The fraction of sp³-hybridized carbons (Fsp3) is 0.857. The number of nitrogens with one attached hydrogen (secondary N) is 2. The van der Waals surface area contributed by atoms with Crippen molar-refractivity contribution in [3.63, 3.8) is 0 Å². The summed E-state index contributed by atoms with van der Waals surface area (Å²) in [5.74, 6) is -1.68. The second kappa shape index (κ2) is 9.67. The summed E-state index contributed by atoms with van der Waals surface area (Å²) in [7, 11) is 0. The maximum absolute atomic E-state index is 12.0. The smallest absolute Gasteiger partial charge is 0.407 e. The molecule has 3 N–H and O–H groups in total. The number of amides is 2. The third-order valence-corrected chi connectivity index (χ3v) is 5.06. The molecular formula is C21H38N2O6. The minimum absolute atomic E-state index is 0.151. The summed E-state index contributed by atoms with van der Waals surface area (Å²) < 4.78 is 10.5. The Balaban J connectivity index is 2.64. The normalized spacial score (nSPS) is 18.0. The summed E-state index contributed by atoms with van der Waals surface area (Å²) in [5.41, 5.74) is -1.36. The number of carbonyl (C=O) groups is 3. The zero-order valence-corrected chi connectivity index (χ0v) is 18.9. The number of carboxylic acids is 1. The van der Waals surface area contributed by atoms with E-state index in [2.05, 4.69) is 10.6 Å². The molecule has 1 rings (SSSR count). The van der Waals surface area contributed by atoms with E-state index in [1.807, 2.05) is 0 Å². The summed E-state index contributed by atoms with van der Waals surface area (Å²) in [6, 6.07) is -0.571. The molecule has 0 bridgehead atoms. The first-order valence-electron chi connectivity index (χ1n) is 10.3. The predicted molar refractivity (Wildman–Crippen MR) is 110 cm³/mol. The molecule has 2 atom stereocenters. The molecule has 1 aliphatic rings. The Bertz CT molecular complexity index is 587. The number of carboxylic acid groups (broad SMARTS) is 1. The van der Waals surface area contributed by atoms with Crippen LogP contribution in [0.25, 0.3) is 0 Å². The molecule has 8 heteroatoms. The molecule has 0 radical (unpaired) electrons. The van der Waals surface area contributed by atoms with Crippen molar-refractivity contribution < 1.29 is 29.0 Å². The van der Waals surface area contributed by atoms with E-state index in [0.29, 0.717) is 19.4 Å². The van der Waals surface area contributed by atoms with Crippen LogP contribution in [-0.2, 0) is 14.3 Å². The van der Waals surface area contributed by atoms with Crippen LogP contribution in [0.4, 0.5) is 9.59 Å². The molecule has 2 amide bonds. The van der Waals surface area contributed by atoms with Gasteiger partial charge in [-0.15, -0.1) is 0 Å². The van der Waals surface area contributed by atoms with Gasteiger partial charge < -0.3 is 25.2 Å². The van der Waals surface area contributed by atoms with Crippen LogP contribution >= 0.6 is 0 Å². The summed E-state index contributed by atoms with van der Waals surface area (Å²) in [5, 5.41) is 15.1. The van der Waals surface area contributed by atoms with Crippen molar-refractivity contribution in [2.24, 2.45) is 11.3 Å². The largest absolute Gasteiger partial charge is 0.481 e.